The summed E-state index contributed by atoms with van der Waals surface area (Å²) >= 11 is 0. The van der Waals surface area contributed by atoms with Gasteiger partial charge in [-0.3, -0.25) is 0 Å². The monoisotopic (exact) mass is 329 g/mol. The maximum absolute atomic E-state index is 5.88. The van der Waals surface area contributed by atoms with Gasteiger partial charge in [0.1, 0.15) is 17.5 Å². The molecule has 3 heterocycles. The SMILES string of the molecule is CC#Cc1ncn(N)c2nc3nc(CC(OCC)OCC)nn3c12. The molecule has 0 radical (unpaired) electrons. The number of hydrogen-bond acceptors (Lipinski definition) is 7. The van der Waals surface area contributed by atoms with Crippen LogP contribution in [0.5, 0.6) is 0 Å². The molecule has 9 heteroatoms. The van der Waals surface area contributed by atoms with Gasteiger partial charge in [-0.15, -0.1) is 5.10 Å². The third kappa shape index (κ3) is 2.89. The van der Waals surface area contributed by atoms with E-state index in [9.17, 15) is 0 Å². The van der Waals surface area contributed by atoms with E-state index in [4.69, 9.17) is 15.3 Å². The predicted molar refractivity (Wildman–Crippen MR) is 87.5 cm³/mol. The smallest absolute Gasteiger partial charge is 0.255 e. The van der Waals surface area contributed by atoms with Crippen molar-refractivity contribution in [1.82, 2.24) is 29.2 Å². The number of rotatable bonds is 6. The first kappa shape index (κ1) is 16.2. The fourth-order valence-corrected chi connectivity index (χ4v) is 2.42. The van der Waals surface area contributed by atoms with Crippen LogP contribution in [0.15, 0.2) is 6.33 Å². The summed E-state index contributed by atoms with van der Waals surface area (Å²) in [6.45, 7) is 6.68. The molecule has 3 aromatic heterocycles. The Labute approximate surface area is 138 Å². The van der Waals surface area contributed by atoms with E-state index in [1.807, 2.05) is 13.8 Å². The number of aromatic nitrogens is 6. The van der Waals surface area contributed by atoms with Crippen LogP contribution >= 0.6 is 0 Å². The highest BCUT2D eigenvalue weighted by molar-refractivity contribution is 5.80. The lowest BCUT2D eigenvalue weighted by molar-refractivity contribution is -0.135. The van der Waals surface area contributed by atoms with Crippen molar-refractivity contribution in [2.75, 3.05) is 19.1 Å². The Balaban J connectivity index is 2.05. The number of imidazole rings is 1. The molecule has 3 rings (SSSR count). The van der Waals surface area contributed by atoms with Crippen molar-refractivity contribution >= 4 is 16.9 Å². The van der Waals surface area contributed by atoms with Crippen LogP contribution in [0.3, 0.4) is 0 Å². The largest absolute Gasteiger partial charge is 0.352 e. The van der Waals surface area contributed by atoms with Crippen LogP contribution in [0.1, 0.15) is 32.3 Å². The van der Waals surface area contributed by atoms with E-state index in [1.165, 1.54) is 11.0 Å². The summed E-state index contributed by atoms with van der Waals surface area (Å²) in [6, 6.07) is 0. The zero-order valence-electron chi connectivity index (χ0n) is 13.9. The van der Waals surface area contributed by atoms with Gasteiger partial charge < -0.3 is 15.3 Å². The summed E-state index contributed by atoms with van der Waals surface area (Å²) in [4.78, 5) is 13.1. The lowest BCUT2D eigenvalue weighted by atomic mass is 10.3. The molecule has 0 aliphatic carbocycles. The van der Waals surface area contributed by atoms with Gasteiger partial charge in [-0.05, 0) is 26.7 Å². The van der Waals surface area contributed by atoms with Crippen LogP contribution in [0.25, 0.3) is 16.9 Å². The van der Waals surface area contributed by atoms with E-state index >= 15 is 0 Å². The molecule has 9 nitrogen and oxygen atoms in total. The van der Waals surface area contributed by atoms with Gasteiger partial charge in [0.25, 0.3) is 5.78 Å². The van der Waals surface area contributed by atoms with Gasteiger partial charge in [0.2, 0.25) is 0 Å². The molecule has 0 spiro atoms. The van der Waals surface area contributed by atoms with Crippen LogP contribution in [0.2, 0.25) is 0 Å². The first-order valence-corrected chi connectivity index (χ1v) is 7.71. The van der Waals surface area contributed by atoms with E-state index in [-0.39, 0.29) is 6.29 Å². The topological polar surface area (TPSA) is 105 Å². The van der Waals surface area contributed by atoms with E-state index < -0.39 is 0 Å². The molecule has 0 amide bonds. The Kier molecular flexibility index (Phi) is 4.59. The van der Waals surface area contributed by atoms with Crippen LogP contribution in [-0.2, 0) is 15.9 Å². The van der Waals surface area contributed by atoms with Gasteiger partial charge in [0, 0.05) is 13.2 Å². The summed E-state index contributed by atoms with van der Waals surface area (Å²) in [5.41, 5.74) is 1.71. The Morgan fingerprint density at radius 1 is 1.25 bits per heavy atom. The average molecular weight is 329 g/mol. The highest BCUT2D eigenvalue weighted by atomic mass is 16.7. The van der Waals surface area contributed by atoms with Gasteiger partial charge in [0.05, 0.1) is 6.42 Å². The zero-order valence-corrected chi connectivity index (χ0v) is 13.9. The summed E-state index contributed by atoms with van der Waals surface area (Å²) in [6.07, 6.45) is 1.52. The number of ether oxygens (including phenoxy) is 2. The summed E-state index contributed by atoms with van der Waals surface area (Å²) in [5.74, 6) is 12.7. The van der Waals surface area contributed by atoms with Crippen molar-refractivity contribution in [2.24, 2.45) is 0 Å². The number of nitrogen functional groups attached to an aromatic ring is 1. The highest BCUT2D eigenvalue weighted by Gasteiger charge is 2.19. The second-order valence-electron chi connectivity index (χ2n) is 4.94. The lowest BCUT2D eigenvalue weighted by Crippen LogP contribution is -2.21. The molecule has 0 saturated carbocycles. The first-order valence-electron chi connectivity index (χ1n) is 7.71. The predicted octanol–water partition coefficient (Wildman–Crippen LogP) is 0.501. The van der Waals surface area contributed by atoms with Crippen LogP contribution < -0.4 is 5.84 Å². The minimum Gasteiger partial charge on any atom is -0.352 e. The van der Waals surface area contributed by atoms with Gasteiger partial charge in [-0.1, -0.05) is 5.92 Å². The molecular weight excluding hydrogens is 310 g/mol. The molecule has 0 aliphatic rings. The summed E-state index contributed by atoms with van der Waals surface area (Å²) < 4.78 is 14.0. The molecule has 0 unspecified atom stereocenters. The molecule has 0 saturated heterocycles. The lowest BCUT2D eigenvalue weighted by Gasteiger charge is -2.14. The molecule has 0 bridgehead atoms. The molecule has 24 heavy (non-hydrogen) atoms. The van der Waals surface area contributed by atoms with Crippen LogP contribution in [0, 0.1) is 11.8 Å². The fraction of sp³-hybridized carbons (Fsp3) is 0.467. The normalized spacial score (nSPS) is 11.3. The third-order valence-corrected chi connectivity index (χ3v) is 3.34. The Hall–Kier alpha value is -2.70. The third-order valence-electron chi connectivity index (χ3n) is 3.34. The molecule has 0 fully saturated rings. The molecule has 3 aromatic rings. The second-order valence-corrected chi connectivity index (χ2v) is 4.94. The molecule has 2 N–H and O–H groups in total. The maximum Gasteiger partial charge on any atom is 0.255 e. The summed E-state index contributed by atoms with van der Waals surface area (Å²) in [5, 5.41) is 4.50. The number of fused-ring (bicyclic) bond motifs is 3. The van der Waals surface area contributed by atoms with Gasteiger partial charge >= 0.3 is 0 Å². The number of nitrogens with two attached hydrogens (primary N) is 1. The van der Waals surface area contributed by atoms with Crippen molar-refractivity contribution in [3.8, 4) is 11.8 Å². The Bertz CT molecular complexity index is 913. The van der Waals surface area contributed by atoms with Crippen LogP contribution in [0.4, 0.5) is 0 Å². The number of nitrogens with zero attached hydrogens (tertiary/aromatic N) is 6. The molecule has 0 atom stereocenters. The molecular formula is C15H19N7O2. The Morgan fingerprint density at radius 3 is 2.67 bits per heavy atom. The van der Waals surface area contributed by atoms with Crippen molar-refractivity contribution in [3.05, 3.63) is 17.8 Å². The highest BCUT2D eigenvalue weighted by Crippen LogP contribution is 2.17. The van der Waals surface area contributed by atoms with Gasteiger partial charge in [-0.25, -0.2) is 9.66 Å². The second kappa shape index (κ2) is 6.82. The Morgan fingerprint density at radius 2 is 2.00 bits per heavy atom. The summed E-state index contributed by atoms with van der Waals surface area (Å²) in [7, 11) is 0. The standard InChI is InChI=1S/C15H19N7O2/c1-4-7-10-13-14(21(16)9-17-10)19-15-18-11(20-22(13)15)8-12(23-5-2)24-6-3/h9,12H,5-6,8,16H2,1-3H3. The van der Waals surface area contributed by atoms with Crippen molar-refractivity contribution in [2.45, 2.75) is 33.5 Å². The van der Waals surface area contributed by atoms with Crippen molar-refractivity contribution < 1.29 is 9.47 Å². The first-order chi connectivity index (χ1) is 11.7. The van der Waals surface area contributed by atoms with E-state index in [2.05, 4.69) is 31.9 Å². The molecule has 0 aliphatic heterocycles. The molecule has 0 aromatic carbocycles. The average Bonchev–Trinajstić information content (AvgIpc) is 3.09. The van der Waals surface area contributed by atoms with Gasteiger partial charge in [0.15, 0.2) is 17.8 Å². The van der Waals surface area contributed by atoms with Crippen molar-refractivity contribution in [3.63, 3.8) is 0 Å². The van der Waals surface area contributed by atoms with Crippen LogP contribution in [-0.4, -0.2) is 48.7 Å². The maximum atomic E-state index is 5.88. The zero-order chi connectivity index (χ0) is 17.1. The fourth-order valence-electron chi connectivity index (χ4n) is 2.42. The van der Waals surface area contributed by atoms with Gasteiger partial charge in [-0.2, -0.15) is 14.5 Å². The molecule has 126 valence electrons. The van der Waals surface area contributed by atoms with Crippen molar-refractivity contribution in [1.29, 1.82) is 0 Å². The van der Waals surface area contributed by atoms with E-state index in [0.717, 1.165) is 0 Å². The van der Waals surface area contributed by atoms with E-state index in [1.54, 1.807) is 11.4 Å². The minimum absolute atomic E-state index is 0.383. The minimum atomic E-state index is -0.383. The van der Waals surface area contributed by atoms with E-state index in [0.29, 0.717) is 48.1 Å². The quantitative estimate of drug-likeness (QED) is 0.399. The number of hydrogen-bond donors (Lipinski definition) is 1.